The number of para-hydroxylation sites is 1. The number of pyridine rings is 2. The van der Waals surface area contributed by atoms with E-state index in [0.29, 0.717) is 16.6 Å². The van der Waals surface area contributed by atoms with Crippen molar-refractivity contribution in [3.8, 4) is 11.3 Å². The molecule has 0 aliphatic rings. The molecule has 0 saturated heterocycles. The zero-order chi connectivity index (χ0) is 23.9. The van der Waals surface area contributed by atoms with Crippen LogP contribution in [0.2, 0.25) is 0 Å². The molecular formula is C26H22N4O4. The fraction of sp³-hybridized carbons (Fsp3) is 0.115. The van der Waals surface area contributed by atoms with Gasteiger partial charge in [-0.1, -0.05) is 48.5 Å². The van der Waals surface area contributed by atoms with Crippen LogP contribution < -0.4 is 10.6 Å². The minimum Gasteiger partial charge on any atom is -0.449 e. The van der Waals surface area contributed by atoms with Gasteiger partial charge in [-0.3, -0.25) is 15.1 Å². The van der Waals surface area contributed by atoms with Crippen molar-refractivity contribution in [2.24, 2.45) is 0 Å². The van der Waals surface area contributed by atoms with Gasteiger partial charge < -0.3 is 10.1 Å². The molecule has 34 heavy (non-hydrogen) atoms. The summed E-state index contributed by atoms with van der Waals surface area (Å²) in [6.45, 7) is 1.66. The van der Waals surface area contributed by atoms with Crippen molar-refractivity contribution < 1.29 is 19.1 Å². The van der Waals surface area contributed by atoms with Crippen LogP contribution in [0.3, 0.4) is 0 Å². The Kier molecular flexibility index (Phi) is 6.88. The lowest BCUT2D eigenvalue weighted by Crippen LogP contribution is -2.44. The summed E-state index contributed by atoms with van der Waals surface area (Å²) >= 11 is 0. The number of carbonyl (C=O) groups is 3. The quantitative estimate of drug-likeness (QED) is 0.428. The van der Waals surface area contributed by atoms with Crippen LogP contribution in [0, 0.1) is 0 Å². The van der Waals surface area contributed by atoms with Gasteiger partial charge in [-0.15, -0.1) is 0 Å². The molecule has 2 heterocycles. The number of ether oxygens (including phenoxy) is 1. The third-order valence-corrected chi connectivity index (χ3v) is 5.08. The first-order chi connectivity index (χ1) is 16.5. The highest BCUT2D eigenvalue weighted by atomic mass is 16.5. The molecule has 0 aliphatic heterocycles. The van der Waals surface area contributed by atoms with Crippen molar-refractivity contribution in [3.63, 3.8) is 0 Å². The van der Waals surface area contributed by atoms with Gasteiger partial charge in [0, 0.05) is 29.9 Å². The lowest BCUT2D eigenvalue weighted by Gasteiger charge is -2.15. The Morgan fingerprint density at radius 2 is 1.74 bits per heavy atom. The smallest absolute Gasteiger partial charge is 0.339 e. The van der Waals surface area contributed by atoms with E-state index >= 15 is 0 Å². The Bertz CT molecular complexity index is 1330. The number of aromatic nitrogens is 2. The van der Waals surface area contributed by atoms with Gasteiger partial charge in [0.1, 0.15) is 0 Å². The second kappa shape index (κ2) is 10.4. The predicted molar refractivity (Wildman–Crippen MR) is 127 cm³/mol. The fourth-order valence-electron chi connectivity index (χ4n) is 3.32. The molecule has 0 aliphatic carbocycles. The number of hydrogen-bond acceptors (Lipinski definition) is 6. The first kappa shape index (κ1) is 22.6. The van der Waals surface area contributed by atoms with Gasteiger partial charge in [-0.25, -0.2) is 14.6 Å². The van der Waals surface area contributed by atoms with Crippen LogP contribution in [0.5, 0.6) is 0 Å². The summed E-state index contributed by atoms with van der Waals surface area (Å²) in [5.41, 5.74) is 3.05. The summed E-state index contributed by atoms with van der Waals surface area (Å²) in [4.78, 5) is 46.2. The first-order valence-corrected chi connectivity index (χ1v) is 10.6. The molecule has 4 rings (SSSR count). The monoisotopic (exact) mass is 454 g/mol. The number of amides is 3. The molecule has 1 unspecified atom stereocenters. The van der Waals surface area contributed by atoms with Crippen LogP contribution in [0.25, 0.3) is 22.2 Å². The average molecular weight is 454 g/mol. The van der Waals surface area contributed by atoms with Crippen LogP contribution in [0.4, 0.5) is 4.79 Å². The lowest BCUT2D eigenvalue weighted by atomic mass is 10.0. The van der Waals surface area contributed by atoms with E-state index in [1.165, 1.54) is 6.92 Å². The third kappa shape index (κ3) is 5.42. The van der Waals surface area contributed by atoms with E-state index in [4.69, 9.17) is 4.74 Å². The van der Waals surface area contributed by atoms with Gasteiger partial charge in [-0.05, 0) is 36.8 Å². The van der Waals surface area contributed by atoms with E-state index in [1.807, 2.05) is 42.5 Å². The number of nitrogens with one attached hydrogen (secondary N) is 2. The molecule has 4 aromatic rings. The highest BCUT2D eigenvalue weighted by Gasteiger charge is 2.23. The zero-order valence-corrected chi connectivity index (χ0v) is 18.4. The maximum atomic E-state index is 13.0. The van der Waals surface area contributed by atoms with Gasteiger partial charge in [0.15, 0.2) is 6.10 Å². The van der Waals surface area contributed by atoms with Crippen molar-refractivity contribution in [3.05, 3.63) is 96.3 Å². The molecule has 2 aromatic carbocycles. The summed E-state index contributed by atoms with van der Waals surface area (Å²) < 4.78 is 5.39. The van der Waals surface area contributed by atoms with Gasteiger partial charge in [0.2, 0.25) is 0 Å². The molecule has 1 atom stereocenters. The molecule has 0 spiro atoms. The topological polar surface area (TPSA) is 110 Å². The molecule has 0 radical (unpaired) electrons. The SMILES string of the molecule is CC(OC(=O)c1cc(-c2cccnc2)nc2ccccc12)C(=O)NC(=O)NCc1ccccc1. The number of rotatable bonds is 6. The van der Waals surface area contributed by atoms with Crippen molar-refractivity contribution in [1.29, 1.82) is 0 Å². The maximum Gasteiger partial charge on any atom is 0.339 e. The molecular weight excluding hydrogens is 432 g/mol. The number of urea groups is 1. The maximum absolute atomic E-state index is 13.0. The minimum atomic E-state index is -1.19. The van der Waals surface area contributed by atoms with E-state index in [-0.39, 0.29) is 12.1 Å². The van der Waals surface area contributed by atoms with Gasteiger partial charge in [0.25, 0.3) is 5.91 Å². The first-order valence-electron chi connectivity index (χ1n) is 10.6. The molecule has 2 aromatic heterocycles. The predicted octanol–water partition coefficient (Wildman–Crippen LogP) is 3.87. The van der Waals surface area contributed by atoms with Crippen molar-refractivity contribution in [2.75, 3.05) is 0 Å². The van der Waals surface area contributed by atoms with Crippen LogP contribution in [0.1, 0.15) is 22.8 Å². The number of imide groups is 1. The molecule has 0 fully saturated rings. The normalized spacial score (nSPS) is 11.4. The third-order valence-electron chi connectivity index (χ3n) is 5.08. The van der Waals surface area contributed by atoms with Crippen LogP contribution in [-0.2, 0) is 16.1 Å². The van der Waals surface area contributed by atoms with Crippen LogP contribution in [0.15, 0.2) is 85.2 Å². The summed E-state index contributed by atoms with van der Waals surface area (Å²) in [5, 5.41) is 5.38. The Morgan fingerprint density at radius 1 is 0.971 bits per heavy atom. The second-order valence-corrected chi connectivity index (χ2v) is 7.52. The summed E-state index contributed by atoms with van der Waals surface area (Å²) in [5.74, 6) is -1.43. The van der Waals surface area contributed by atoms with Crippen molar-refractivity contribution >= 4 is 28.8 Å². The van der Waals surface area contributed by atoms with Crippen molar-refractivity contribution in [1.82, 2.24) is 20.6 Å². The zero-order valence-electron chi connectivity index (χ0n) is 18.4. The summed E-state index contributed by atoms with van der Waals surface area (Å²) in [7, 11) is 0. The molecule has 3 amide bonds. The standard InChI is InChI=1S/C26H22N4O4/c1-17(24(31)30-26(33)28-15-18-8-3-2-4-9-18)34-25(32)21-14-23(19-10-7-13-27-16-19)29-22-12-6-5-11-20(21)22/h2-14,16-17H,15H2,1H3,(H2,28,30,31,33). The lowest BCUT2D eigenvalue weighted by molar-refractivity contribution is -0.127. The van der Waals surface area contributed by atoms with Crippen molar-refractivity contribution in [2.45, 2.75) is 19.6 Å². The number of nitrogens with zero attached hydrogens (tertiary/aromatic N) is 2. The molecule has 0 saturated carbocycles. The van der Waals surface area contributed by atoms with E-state index in [9.17, 15) is 14.4 Å². The molecule has 170 valence electrons. The Labute approximate surface area is 196 Å². The number of esters is 1. The van der Waals surface area contributed by atoms with Crippen LogP contribution in [-0.4, -0.2) is 34.0 Å². The Balaban J connectivity index is 1.45. The highest BCUT2D eigenvalue weighted by molar-refractivity contribution is 6.06. The number of benzene rings is 2. The Morgan fingerprint density at radius 3 is 2.50 bits per heavy atom. The molecule has 8 heteroatoms. The number of carbonyl (C=O) groups excluding carboxylic acids is 3. The number of fused-ring (bicyclic) bond motifs is 1. The summed E-state index contributed by atoms with van der Waals surface area (Å²) in [6.07, 6.45) is 2.11. The molecule has 2 N–H and O–H groups in total. The van der Waals surface area contributed by atoms with E-state index < -0.39 is 24.0 Å². The van der Waals surface area contributed by atoms with Crippen LogP contribution >= 0.6 is 0 Å². The summed E-state index contributed by atoms with van der Waals surface area (Å²) in [6, 6.07) is 21.0. The largest absolute Gasteiger partial charge is 0.449 e. The molecule has 0 bridgehead atoms. The van der Waals surface area contributed by atoms with E-state index in [0.717, 1.165) is 11.1 Å². The highest BCUT2D eigenvalue weighted by Crippen LogP contribution is 2.25. The van der Waals surface area contributed by atoms with E-state index in [1.54, 1.807) is 42.7 Å². The van der Waals surface area contributed by atoms with Gasteiger partial charge >= 0.3 is 12.0 Å². The Hall–Kier alpha value is -4.59. The van der Waals surface area contributed by atoms with Gasteiger partial charge in [-0.2, -0.15) is 0 Å². The van der Waals surface area contributed by atoms with Gasteiger partial charge in [0.05, 0.1) is 16.8 Å². The minimum absolute atomic E-state index is 0.258. The average Bonchev–Trinajstić information content (AvgIpc) is 2.87. The fourth-order valence-corrected chi connectivity index (χ4v) is 3.32. The van der Waals surface area contributed by atoms with E-state index in [2.05, 4.69) is 20.6 Å². The molecule has 8 nitrogen and oxygen atoms in total. The second-order valence-electron chi connectivity index (χ2n) is 7.52. The number of hydrogen-bond donors (Lipinski definition) is 2.